The van der Waals surface area contributed by atoms with E-state index in [-0.39, 0.29) is 12.1 Å². The molecule has 0 saturated heterocycles. The van der Waals surface area contributed by atoms with E-state index < -0.39 is 0 Å². The van der Waals surface area contributed by atoms with Gasteiger partial charge in [-0.2, -0.15) is 0 Å². The third-order valence-electron chi connectivity index (χ3n) is 15.0. The Labute approximate surface area is 413 Å². The van der Waals surface area contributed by atoms with Gasteiger partial charge in [0.2, 0.25) is 6.71 Å². The quantitative estimate of drug-likeness (QED) is 0.126. The lowest BCUT2D eigenvalue weighted by Crippen LogP contribution is -2.60. The van der Waals surface area contributed by atoms with Gasteiger partial charge >= 0.3 is 0 Å². The van der Waals surface area contributed by atoms with Crippen LogP contribution in [0.3, 0.4) is 0 Å². The molecule has 2 aliphatic rings. The van der Waals surface area contributed by atoms with Gasteiger partial charge in [0.25, 0.3) is 0 Å². The molecule has 0 aliphatic carbocycles. The number of hydrogen-bond donors (Lipinski definition) is 0. The van der Waals surface area contributed by atoms with Gasteiger partial charge in [0.05, 0.1) is 16.7 Å². The minimum Gasteiger partial charge on any atom is -0.311 e. The highest BCUT2D eigenvalue weighted by molar-refractivity contribution is 8.00. The summed E-state index contributed by atoms with van der Waals surface area (Å²) in [5, 5.41) is 7.50. The molecule has 12 aromatic rings. The molecule has 11 aromatic carbocycles. The first kappa shape index (κ1) is 41.0. The van der Waals surface area contributed by atoms with Crippen LogP contribution in [0.25, 0.3) is 82.4 Å². The van der Waals surface area contributed by atoms with Gasteiger partial charge in [0.15, 0.2) is 0 Å². The number of fused-ring (bicyclic) bond motifs is 10. The molecular weight excluding hydrogens is 864 g/mol. The van der Waals surface area contributed by atoms with Gasteiger partial charge in [-0.15, -0.1) is 0 Å². The van der Waals surface area contributed by atoms with Crippen LogP contribution in [0.5, 0.6) is 0 Å². The van der Waals surface area contributed by atoms with Crippen LogP contribution in [0, 0.1) is 0 Å². The fraction of sp³-hybridized carbons (Fsp3) is 0.0606. The Hall–Kier alpha value is -8.05. The number of hydrogen-bond acceptors (Lipinski definition) is 2. The second kappa shape index (κ2) is 15.7. The van der Waals surface area contributed by atoms with E-state index in [0.717, 1.165) is 0 Å². The predicted octanol–water partition coefficient (Wildman–Crippen LogP) is 16.2. The van der Waals surface area contributed by atoms with E-state index >= 15 is 0 Å². The van der Waals surface area contributed by atoms with Gasteiger partial charge in [-0.1, -0.05) is 220 Å². The number of nitrogens with zero attached hydrogens (tertiary/aromatic N) is 2. The Morgan fingerprint density at radius 1 is 0.414 bits per heavy atom. The Kier molecular flexibility index (Phi) is 9.22. The normalized spacial score (nSPS) is 13.0. The van der Waals surface area contributed by atoms with Crippen molar-refractivity contribution >= 4 is 95.3 Å². The van der Waals surface area contributed by atoms with Crippen LogP contribution in [0.1, 0.15) is 26.3 Å². The largest absolute Gasteiger partial charge is 0.311 e. The van der Waals surface area contributed by atoms with Crippen LogP contribution in [0.2, 0.25) is 0 Å². The Morgan fingerprint density at radius 3 is 1.76 bits per heavy atom. The van der Waals surface area contributed by atoms with Gasteiger partial charge in [-0.05, 0) is 120 Å². The fourth-order valence-corrected chi connectivity index (χ4v) is 12.9. The van der Waals surface area contributed by atoms with Crippen molar-refractivity contribution in [1.82, 2.24) is 4.57 Å². The van der Waals surface area contributed by atoms with Crippen molar-refractivity contribution in [2.45, 2.75) is 36.0 Å². The summed E-state index contributed by atoms with van der Waals surface area (Å²) >= 11 is 1.94. The summed E-state index contributed by atoms with van der Waals surface area (Å²) in [4.78, 5) is 5.21. The summed E-state index contributed by atoms with van der Waals surface area (Å²) in [7, 11) is 0. The van der Waals surface area contributed by atoms with E-state index in [9.17, 15) is 0 Å². The predicted molar refractivity (Wildman–Crippen MR) is 301 cm³/mol. The molecule has 0 saturated carbocycles. The molecule has 0 N–H and O–H groups in total. The number of aromatic nitrogens is 1. The molecule has 4 heteroatoms. The number of anilines is 3. The highest BCUT2D eigenvalue weighted by atomic mass is 32.2. The average Bonchev–Trinajstić information content (AvgIpc) is 3.75. The summed E-state index contributed by atoms with van der Waals surface area (Å²) in [6.45, 7) is 6.81. The number of para-hydroxylation sites is 2. The second-order valence-corrected chi connectivity index (χ2v) is 21.1. The van der Waals surface area contributed by atoms with Crippen LogP contribution in [-0.4, -0.2) is 11.3 Å². The molecular formula is C66H47BN2S. The lowest BCUT2D eigenvalue weighted by molar-refractivity contribution is 0.590. The van der Waals surface area contributed by atoms with Crippen LogP contribution in [0.15, 0.2) is 240 Å². The van der Waals surface area contributed by atoms with Crippen LogP contribution in [-0.2, 0) is 5.41 Å². The molecule has 2 nitrogen and oxygen atoms in total. The molecule has 0 amide bonds. The first-order chi connectivity index (χ1) is 34.4. The van der Waals surface area contributed by atoms with Crippen molar-refractivity contribution in [3.8, 4) is 39.1 Å². The zero-order valence-electron chi connectivity index (χ0n) is 39.3. The fourth-order valence-electron chi connectivity index (χ4n) is 11.6. The molecule has 0 unspecified atom stereocenters. The smallest absolute Gasteiger partial charge is 0.249 e. The topological polar surface area (TPSA) is 8.17 Å². The van der Waals surface area contributed by atoms with Crippen LogP contribution in [0.4, 0.5) is 17.1 Å². The van der Waals surface area contributed by atoms with Crippen LogP contribution < -0.4 is 21.3 Å². The molecule has 0 atom stereocenters. The average molecular weight is 911 g/mol. The molecule has 330 valence electrons. The maximum absolute atomic E-state index is 2.61. The summed E-state index contributed by atoms with van der Waals surface area (Å²) < 4.78 is 2.50. The SMILES string of the molecule is CC(C)(C)c1ccc(-c2cc3c4c(c2)N(c2cccc5ccc6ccccc6c25)c2ccc(-c5ccccc5)cc2B4c2cc(-n4c5ccccc5c5ccccc54)cc(-c4ccccc4)c2S3)cc1. The number of benzene rings is 11. The lowest BCUT2D eigenvalue weighted by atomic mass is 9.34. The zero-order valence-corrected chi connectivity index (χ0v) is 40.1. The molecule has 14 rings (SSSR count). The zero-order chi connectivity index (χ0) is 46.7. The van der Waals surface area contributed by atoms with Crippen molar-refractivity contribution in [1.29, 1.82) is 0 Å². The maximum Gasteiger partial charge on any atom is 0.249 e. The van der Waals surface area contributed by atoms with E-state index in [4.69, 9.17) is 0 Å². The molecule has 3 heterocycles. The Bertz CT molecular complexity index is 4020. The van der Waals surface area contributed by atoms with Crippen LogP contribution >= 0.6 is 11.8 Å². The second-order valence-electron chi connectivity index (χ2n) is 20.1. The third kappa shape index (κ3) is 6.36. The summed E-state index contributed by atoms with van der Waals surface area (Å²) in [6, 6.07) is 86.6. The van der Waals surface area contributed by atoms with Crippen molar-refractivity contribution in [2.75, 3.05) is 4.90 Å². The molecule has 0 fully saturated rings. The van der Waals surface area contributed by atoms with E-state index in [1.807, 2.05) is 11.8 Å². The minimum atomic E-state index is -0.0734. The summed E-state index contributed by atoms with van der Waals surface area (Å²) in [6.07, 6.45) is 0. The Balaban J connectivity index is 1.11. The van der Waals surface area contributed by atoms with Crippen molar-refractivity contribution in [3.63, 3.8) is 0 Å². The third-order valence-corrected chi connectivity index (χ3v) is 16.2. The Morgan fingerprint density at radius 2 is 1.03 bits per heavy atom. The first-order valence-electron chi connectivity index (χ1n) is 24.4. The van der Waals surface area contributed by atoms with Crippen molar-refractivity contribution < 1.29 is 0 Å². The van der Waals surface area contributed by atoms with E-state index in [1.54, 1.807) is 0 Å². The lowest BCUT2D eigenvalue weighted by Gasteiger charge is -2.41. The van der Waals surface area contributed by atoms with Crippen molar-refractivity contribution in [2.24, 2.45) is 0 Å². The van der Waals surface area contributed by atoms with Gasteiger partial charge in [0, 0.05) is 43.0 Å². The molecule has 0 spiro atoms. The van der Waals surface area contributed by atoms with Gasteiger partial charge < -0.3 is 9.47 Å². The number of rotatable bonds is 5. The van der Waals surface area contributed by atoms with Gasteiger partial charge in [-0.25, -0.2) is 0 Å². The maximum atomic E-state index is 2.61. The highest BCUT2D eigenvalue weighted by Gasteiger charge is 2.43. The monoisotopic (exact) mass is 910 g/mol. The molecule has 70 heavy (non-hydrogen) atoms. The van der Waals surface area contributed by atoms with E-state index in [0.29, 0.717) is 0 Å². The molecule has 0 bridgehead atoms. The molecule has 2 aliphatic heterocycles. The summed E-state index contributed by atoms with van der Waals surface area (Å²) in [5.41, 5.74) is 19.9. The van der Waals surface area contributed by atoms with Gasteiger partial charge in [0.1, 0.15) is 0 Å². The van der Waals surface area contributed by atoms with Crippen molar-refractivity contribution in [3.05, 3.63) is 236 Å². The van der Waals surface area contributed by atoms with E-state index in [1.165, 1.54) is 131 Å². The summed E-state index contributed by atoms with van der Waals surface area (Å²) in [5.74, 6) is 0. The van der Waals surface area contributed by atoms with Gasteiger partial charge in [-0.3, -0.25) is 0 Å². The standard InChI is InChI=1S/C66H47BN2S/c1-66(2,3)49-34-31-43(32-35-49)48-38-61-64-62(39-48)70-65-54(44-19-8-5-9-20-44)40-50(68-57-26-14-12-24-52(57)53-25-13-15-27-58(53)68)41-56(65)67(64)55-37-47(42-17-6-4-7-18-42)33-36-59(55)69(61)60-28-16-22-46-30-29-45-21-10-11-23-51(45)63(46)60/h4-41H,1-3H3. The molecule has 1 aromatic heterocycles. The molecule has 0 radical (unpaired) electrons. The highest BCUT2D eigenvalue weighted by Crippen LogP contribution is 2.49. The minimum absolute atomic E-state index is 0.0509. The van der Waals surface area contributed by atoms with E-state index in [2.05, 4.69) is 261 Å². The first-order valence-corrected chi connectivity index (χ1v) is 25.3.